The van der Waals surface area contributed by atoms with Gasteiger partial charge in [0.15, 0.2) is 17.8 Å². The predicted molar refractivity (Wildman–Crippen MR) is 72.2 cm³/mol. The summed E-state index contributed by atoms with van der Waals surface area (Å²) in [5.41, 5.74) is 1.27. The van der Waals surface area contributed by atoms with Crippen LogP contribution in [0.25, 0.3) is 10.6 Å². The van der Waals surface area contributed by atoms with Crippen molar-refractivity contribution in [2.24, 2.45) is 0 Å². The van der Waals surface area contributed by atoms with Crippen molar-refractivity contribution >= 4 is 17.6 Å². The van der Waals surface area contributed by atoms with Gasteiger partial charge in [0.1, 0.15) is 23.8 Å². The predicted octanol–water partition coefficient (Wildman–Crippen LogP) is 2.61. The highest BCUT2D eigenvalue weighted by Gasteiger charge is 2.23. The second-order valence-electron chi connectivity index (χ2n) is 4.27. The van der Waals surface area contributed by atoms with Crippen LogP contribution < -0.4 is 9.47 Å². The zero-order chi connectivity index (χ0) is 13.2. The molecular weight excluding hydrogens is 264 g/mol. The third kappa shape index (κ3) is 2.12. The van der Waals surface area contributed by atoms with Gasteiger partial charge in [-0.1, -0.05) is 6.92 Å². The molecule has 0 atom stereocenters. The summed E-state index contributed by atoms with van der Waals surface area (Å²) in [6.07, 6.45) is 3.59. The number of aldehydes is 1. The zero-order valence-electron chi connectivity index (χ0n) is 10.6. The molecule has 3 rings (SSSR count). The number of fused-ring (bicyclic) bond motifs is 1. The fraction of sp³-hybridized carbons (Fsp3) is 0.385. The maximum atomic E-state index is 11.2. The van der Waals surface area contributed by atoms with Gasteiger partial charge in [-0.2, -0.15) is 5.10 Å². The SMILES string of the molecule is CCCn1cc(C=O)c(-c2scc3c2OCCO3)n1. The van der Waals surface area contributed by atoms with Gasteiger partial charge in [0, 0.05) is 18.1 Å². The lowest BCUT2D eigenvalue weighted by Gasteiger charge is -2.15. The molecule has 0 aliphatic carbocycles. The Kier molecular flexibility index (Phi) is 3.25. The molecule has 0 bridgehead atoms. The fourth-order valence-corrected chi connectivity index (χ4v) is 3.01. The van der Waals surface area contributed by atoms with Crippen molar-refractivity contribution in [1.29, 1.82) is 0 Å². The largest absolute Gasteiger partial charge is 0.485 e. The molecule has 19 heavy (non-hydrogen) atoms. The first kappa shape index (κ1) is 12.2. The van der Waals surface area contributed by atoms with E-state index in [4.69, 9.17) is 9.47 Å². The Balaban J connectivity index is 2.05. The normalized spacial score (nSPS) is 13.5. The first-order valence-corrected chi connectivity index (χ1v) is 7.11. The monoisotopic (exact) mass is 278 g/mol. The number of aromatic nitrogens is 2. The molecule has 5 nitrogen and oxygen atoms in total. The molecule has 0 radical (unpaired) electrons. The molecule has 0 saturated carbocycles. The summed E-state index contributed by atoms with van der Waals surface area (Å²) in [4.78, 5) is 12.1. The topological polar surface area (TPSA) is 53.4 Å². The van der Waals surface area contributed by atoms with Crippen LogP contribution in [-0.2, 0) is 6.54 Å². The third-order valence-electron chi connectivity index (χ3n) is 2.89. The van der Waals surface area contributed by atoms with Crippen LogP contribution in [0.2, 0.25) is 0 Å². The molecule has 3 heterocycles. The average Bonchev–Trinajstić information content (AvgIpc) is 3.02. The van der Waals surface area contributed by atoms with Gasteiger partial charge in [0.25, 0.3) is 0 Å². The summed E-state index contributed by atoms with van der Waals surface area (Å²) < 4.78 is 13.0. The van der Waals surface area contributed by atoms with Gasteiger partial charge >= 0.3 is 0 Å². The number of hydrogen-bond acceptors (Lipinski definition) is 5. The Bertz CT molecular complexity index is 603. The first-order chi connectivity index (χ1) is 9.33. The zero-order valence-corrected chi connectivity index (χ0v) is 11.4. The molecule has 0 fully saturated rings. The van der Waals surface area contributed by atoms with E-state index >= 15 is 0 Å². The summed E-state index contributed by atoms with van der Waals surface area (Å²) in [5, 5.41) is 6.38. The molecule has 100 valence electrons. The highest BCUT2D eigenvalue weighted by atomic mass is 32.1. The van der Waals surface area contributed by atoms with Crippen molar-refractivity contribution in [3.05, 3.63) is 17.1 Å². The van der Waals surface area contributed by atoms with Gasteiger partial charge in [-0.25, -0.2) is 0 Å². The van der Waals surface area contributed by atoms with Crippen LogP contribution in [0.1, 0.15) is 23.7 Å². The number of carbonyl (C=O) groups is 1. The minimum Gasteiger partial charge on any atom is -0.485 e. The molecule has 1 aliphatic rings. The quantitative estimate of drug-likeness (QED) is 0.807. The van der Waals surface area contributed by atoms with E-state index in [0.29, 0.717) is 30.2 Å². The molecule has 0 N–H and O–H groups in total. The molecule has 0 saturated heterocycles. The smallest absolute Gasteiger partial charge is 0.181 e. The van der Waals surface area contributed by atoms with Gasteiger partial charge in [-0.15, -0.1) is 11.3 Å². The summed E-state index contributed by atoms with van der Waals surface area (Å²) in [6, 6.07) is 0. The van der Waals surface area contributed by atoms with E-state index in [2.05, 4.69) is 12.0 Å². The van der Waals surface area contributed by atoms with Crippen molar-refractivity contribution in [1.82, 2.24) is 9.78 Å². The van der Waals surface area contributed by atoms with Crippen LogP contribution in [0.3, 0.4) is 0 Å². The summed E-state index contributed by atoms with van der Waals surface area (Å²) in [7, 11) is 0. The number of carbonyl (C=O) groups excluding carboxylic acids is 1. The standard InChI is InChI=1S/C13H14N2O3S/c1-2-3-15-6-9(7-16)11(14-15)13-12-10(8-19-13)17-4-5-18-12/h6-8H,2-5H2,1H3. The highest BCUT2D eigenvalue weighted by molar-refractivity contribution is 7.14. The van der Waals surface area contributed by atoms with Crippen LogP contribution in [0.5, 0.6) is 11.5 Å². The summed E-state index contributed by atoms with van der Waals surface area (Å²) >= 11 is 1.49. The Morgan fingerprint density at radius 3 is 3.11 bits per heavy atom. The van der Waals surface area contributed by atoms with Gasteiger partial charge in [0.2, 0.25) is 0 Å². The molecular formula is C13H14N2O3S. The number of hydrogen-bond donors (Lipinski definition) is 0. The highest BCUT2D eigenvalue weighted by Crippen LogP contribution is 2.45. The van der Waals surface area contributed by atoms with Crippen molar-refractivity contribution < 1.29 is 14.3 Å². The number of nitrogens with zero attached hydrogens (tertiary/aromatic N) is 2. The molecule has 0 amide bonds. The lowest BCUT2D eigenvalue weighted by molar-refractivity contribution is 0.112. The summed E-state index contributed by atoms with van der Waals surface area (Å²) in [6.45, 7) is 3.97. The van der Waals surface area contributed by atoms with E-state index in [1.54, 1.807) is 10.9 Å². The molecule has 1 aliphatic heterocycles. The minimum absolute atomic E-state index is 0.531. The van der Waals surface area contributed by atoms with Crippen molar-refractivity contribution in [3.63, 3.8) is 0 Å². The van der Waals surface area contributed by atoms with Crippen molar-refractivity contribution in [2.45, 2.75) is 19.9 Å². The fourth-order valence-electron chi connectivity index (χ4n) is 2.07. The molecule has 2 aromatic rings. The second-order valence-corrected chi connectivity index (χ2v) is 5.15. The lowest BCUT2D eigenvalue weighted by Crippen LogP contribution is -2.14. The first-order valence-electron chi connectivity index (χ1n) is 6.23. The second kappa shape index (κ2) is 5.05. The van der Waals surface area contributed by atoms with Gasteiger partial charge < -0.3 is 9.47 Å². The Morgan fingerprint density at radius 1 is 1.47 bits per heavy atom. The molecule has 0 spiro atoms. The molecule has 0 aromatic carbocycles. The van der Waals surface area contributed by atoms with Gasteiger partial charge in [-0.3, -0.25) is 9.48 Å². The van der Waals surface area contributed by atoms with E-state index in [1.807, 2.05) is 5.38 Å². The minimum atomic E-state index is 0.531. The number of aryl methyl sites for hydroxylation is 1. The molecule has 0 unspecified atom stereocenters. The van der Waals surface area contributed by atoms with E-state index in [1.165, 1.54) is 11.3 Å². The van der Waals surface area contributed by atoms with E-state index in [0.717, 1.165) is 29.9 Å². The van der Waals surface area contributed by atoms with Gasteiger partial charge in [-0.05, 0) is 6.42 Å². The Labute approximate surface area is 114 Å². The van der Waals surface area contributed by atoms with E-state index < -0.39 is 0 Å². The van der Waals surface area contributed by atoms with Crippen LogP contribution >= 0.6 is 11.3 Å². The van der Waals surface area contributed by atoms with Crippen LogP contribution in [0, 0.1) is 0 Å². The maximum absolute atomic E-state index is 11.2. The average molecular weight is 278 g/mol. The van der Waals surface area contributed by atoms with Crippen LogP contribution in [0.15, 0.2) is 11.6 Å². The number of thiophene rings is 1. The maximum Gasteiger partial charge on any atom is 0.181 e. The van der Waals surface area contributed by atoms with Crippen molar-refractivity contribution in [2.75, 3.05) is 13.2 Å². The Morgan fingerprint density at radius 2 is 2.32 bits per heavy atom. The Hall–Kier alpha value is -1.82. The van der Waals surface area contributed by atoms with Crippen LogP contribution in [0.4, 0.5) is 0 Å². The van der Waals surface area contributed by atoms with Crippen molar-refractivity contribution in [3.8, 4) is 22.1 Å². The van der Waals surface area contributed by atoms with Crippen LogP contribution in [-0.4, -0.2) is 29.3 Å². The number of rotatable bonds is 4. The number of ether oxygens (including phenoxy) is 2. The lowest BCUT2D eigenvalue weighted by atomic mass is 10.2. The van der Waals surface area contributed by atoms with E-state index in [-0.39, 0.29) is 0 Å². The third-order valence-corrected chi connectivity index (χ3v) is 3.83. The van der Waals surface area contributed by atoms with E-state index in [9.17, 15) is 4.79 Å². The summed E-state index contributed by atoms with van der Waals surface area (Å²) in [5.74, 6) is 1.45. The van der Waals surface area contributed by atoms with Gasteiger partial charge in [0.05, 0.1) is 5.56 Å². The molecule has 2 aromatic heterocycles. The molecule has 6 heteroatoms.